The Kier molecular flexibility index (Phi) is 7.17. The molecule has 2 aliphatic rings. The van der Waals surface area contributed by atoms with E-state index in [0.29, 0.717) is 6.04 Å². The van der Waals surface area contributed by atoms with Gasteiger partial charge in [-0.15, -0.1) is 0 Å². The van der Waals surface area contributed by atoms with Gasteiger partial charge in [0.25, 0.3) is 10.1 Å². The van der Waals surface area contributed by atoms with Gasteiger partial charge in [-0.2, -0.15) is 8.42 Å². The van der Waals surface area contributed by atoms with E-state index in [0.717, 1.165) is 31.6 Å². The van der Waals surface area contributed by atoms with Crippen molar-refractivity contribution in [1.82, 2.24) is 14.8 Å². The highest BCUT2D eigenvalue weighted by molar-refractivity contribution is 7.85. The van der Waals surface area contributed by atoms with Crippen LogP contribution in [0.2, 0.25) is 0 Å². The fourth-order valence-corrected chi connectivity index (χ4v) is 5.57. The summed E-state index contributed by atoms with van der Waals surface area (Å²) in [5.74, 6) is 0.210. The number of rotatable bonds is 4. The Morgan fingerprint density at radius 2 is 1.83 bits per heavy atom. The molecule has 0 saturated carbocycles. The minimum Gasteiger partial charge on any atom is -0.361 e. The van der Waals surface area contributed by atoms with Crippen LogP contribution in [0, 0.1) is 12.8 Å². The van der Waals surface area contributed by atoms with Crippen LogP contribution in [-0.2, 0) is 21.3 Å². The molecule has 7 nitrogen and oxygen atoms in total. The predicted octanol–water partition coefficient (Wildman–Crippen LogP) is 4.15. The Balaban J connectivity index is 0.000000221. The normalized spacial score (nSPS) is 19.4. The zero-order valence-electron chi connectivity index (χ0n) is 20.7. The number of benzene rings is 2. The number of carbonyl (C=O) groups is 1. The molecule has 186 valence electrons. The van der Waals surface area contributed by atoms with Gasteiger partial charge in [0.1, 0.15) is 0 Å². The van der Waals surface area contributed by atoms with Gasteiger partial charge in [-0.25, -0.2) is 0 Å². The van der Waals surface area contributed by atoms with Gasteiger partial charge < -0.3 is 9.88 Å². The fraction of sp³-hybridized carbons (Fsp3) is 0.370. The molecule has 5 rings (SSSR count). The summed E-state index contributed by atoms with van der Waals surface area (Å²) in [6, 6.07) is 12.8. The van der Waals surface area contributed by atoms with Crippen molar-refractivity contribution in [3.63, 3.8) is 0 Å². The van der Waals surface area contributed by atoms with Crippen molar-refractivity contribution >= 4 is 32.5 Å². The molecular formula is C27H33N3O4S. The Morgan fingerprint density at radius 3 is 2.46 bits per heavy atom. The zero-order valence-corrected chi connectivity index (χ0v) is 21.5. The fourth-order valence-electron chi connectivity index (χ4n) is 5.09. The smallest absolute Gasteiger partial charge is 0.294 e. The van der Waals surface area contributed by atoms with Crippen LogP contribution in [0.3, 0.4) is 0 Å². The number of aromatic amines is 1. The number of aromatic nitrogens is 1. The minimum absolute atomic E-state index is 0.0445. The Labute approximate surface area is 207 Å². The first-order valence-corrected chi connectivity index (χ1v) is 13.4. The second-order valence-corrected chi connectivity index (χ2v) is 10.7. The molecule has 1 aromatic heterocycles. The lowest BCUT2D eigenvalue weighted by atomic mass is 9.79. The lowest BCUT2D eigenvalue weighted by Crippen LogP contribution is -2.47. The van der Waals surface area contributed by atoms with Crippen LogP contribution in [0.4, 0.5) is 0 Å². The van der Waals surface area contributed by atoms with Crippen molar-refractivity contribution < 1.29 is 17.8 Å². The summed E-state index contributed by atoms with van der Waals surface area (Å²) in [6.07, 6.45) is 5.41. The van der Waals surface area contributed by atoms with Crippen LogP contribution < -0.4 is 0 Å². The molecule has 2 N–H and O–H groups in total. The van der Waals surface area contributed by atoms with Gasteiger partial charge in [0.2, 0.25) is 5.91 Å². The number of fused-ring (bicyclic) bond motifs is 2. The summed E-state index contributed by atoms with van der Waals surface area (Å²) < 4.78 is 29.6. The van der Waals surface area contributed by atoms with Crippen LogP contribution >= 0.6 is 0 Å². The second kappa shape index (κ2) is 9.97. The second-order valence-electron chi connectivity index (χ2n) is 9.23. The third kappa shape index (κ3) is 5.05. The predicted molar refractivity (Wildman–Crippen MR) is 139 cm³/mol. The molecular weight excluding hydrogens is 462 g/mol. The molecule has 2 atom stereocenters. The Hall–Kier alpha value is -2.94. The van der Waals surface area contributed by atoms with E-state index in [9.17, 15) is 13.2 Å². The van der Waals surface area contributed by atoms with Gasteiger partial charge in [0.15, 0.2) is 0 Å². The van der Waals surface area contributed by atoms with Crippen molar-refractivity contribution in [2.24, 2.45) is 5.92 Å². The third-order valence-electron chi connectivity index (χ3n) is 6.98. The number of aryl methyl sites for hydroxylation is 1. The standard InChI is InChI=1S/C20H25N3O.C7H8O3S/c1-4-23(5-2)20(24)14-9-16-15-7-6-8-17-19(15)13(11-21-17)10-18(16)22(3)12-14;1-6-2-4-7(5-3-6)11(8,9)10/h6-9,11,14,18,21H,4-5,10,12H2,1-3H3;2-5H,1H3,(H,8,9,10)/t14-,18-;/m1./s1. The molecule has 0 spiro atoms. The molecule has 1 aliphatic heterocycles. The van der Waals surface area contributed by atoms with E-state index in [1.165, 1.54) is 39.7 Å². The maximum atomic E-state index is 12.9. The molecule has 1 amide bonds. The maximum Gasteiger partial charge on any atom is 0.294 e. The highest BCUT2D eigenvalue weighted by Gasteiger charge is 2.36. The number of H-pyrrole nitrogens is 1. The van der Waals surface area contributed by atoms with E-state index >= 15 is 0 Å². The monoisotopic (exact) mass is 495 g/mol. The summed E-state index contributed by atoms with van der Waals surface area (Å²) in [5, 5.41) is 1.34. The third-order valence-corrected chi connectivity index (χ3v) is 7.85. The van der Waals surface area contributed by atoms with Crippen molar-refractivity contribution in [1.29, 1.82) is 0 Å². The highest BCUT2D eigenvalue weighted by atomic mass is 32.2. The van der Waals surface area contributed by atoms with Gasteiger partial charge in [-0.3, -0.25) is 14.2 Å². The van der Waals surface area contributed by atoms with Crippen molar-refractivity contribution in [3.8, 4) is 0 Å². The van der Waals surface area contributed by atoms with E-state index in [1.807, 2.05) is 11.8 Å². The Bertz CT molecular complexity index is 1350. The lowest BCUT2D eigenvalue weighted by molar-refractivity contribution is -0.134. The number of carbonyl (C=O) groups excluding carboxylic acids is 1. The van der Waals surface area contributed by atoms with Gasteiger partial charge in [-0.05, 0) is 69.1 Å². The average molecular weight is 496 g/mol. The molecule has 3 aromatic rings. The molecule has 8 heteroatoms. The summed E-state index contributed by atoms with van der Waals surface area (Å²) in [4.78, 5) is 20.5. The summed E-state index contributed by atoms with van der Waals surface area (Å²) in [5.41, 5.74) is 6.16. The molecule has 0 unspecified atom stereocenters. The molecule has 0 radical (unpaired) electrons. The summed E-state index contributed by atoms with van der Waals surface area (Å²) in [6.45, 7) is 8.31. The minimum atomic E-state index is -4.02. The molecule has 2 heterocycles. The number of nitrogens with one attached hydrogen (secondary N) is 1. The van der Waals surface area contributed by atoms with Gasteiger partial charge in [0, 0.05) is 42.8 Å². The molecule has 35 heavy (non-hydrogen) atoms. The molecule has 0 saturated heterocycles. The van der Waals surface area contributed by atoms with Crippen LogP contribution in [0.25, 0.3) is 16.5 Å². The van der Waals surface area contributed by atoms with Crippen LogP contribution in [0.5, 0.6) is 0 Å². The van der Waals surface area contributed by atoms with Crippen LogP contribution in [0.1, 0.15) is 30.5 Å². The van der Waals surface area contributed by atoms with Crippen molar-refractivity contribution in [2.75, 3.05) is 26.7 Å². The number of nitrogens with zero attached hydrogens (tertiary/aromatic N) is 2. The molecule has 1 aliphatic carbocycles. The first-order valence-electron chi connectivity index (χ1n) is 12.0. The quantitative estimate of drug-likeness (QED) is 0.531. The maximum absolute atomic E-state index is 12.9. The van der Waals surface area contributed by atoms with E-state index < -0.39 is 10.1 Å². The van der Waals surface area contributed by atoms with E-state index in [1.54, 1.807) is 12.1 Å². The first kappa shape index (κ1) is 25.2. The SMILES string of the molecule is CCN(CC)C(=O)[C@@H]1C=C2c3cccc4[nH]cc(c34)C[C@H]2N(C)C1.Cc1ccc(S(=O)(=O)O)cc1. The van der Waals surface area contributed by atoms with Gasteiger partial charge in [0.05, 0.1) is 10.8 Å². The van der Waals surface area contributed by atoms with E-state index in [-0.39, 0.29) is 16.7 Å². The average Bonchev–Trinajstić information content (AvgIpc) is 3.25. The molecule has 0 fully saturated rings. The van der Waals surface area contributed by atoms with Gasteiger partial charge in [-0.1, -0.05) is 35.9 Å². The number of hydrogen-bond acceptors (Lipinski definition) is 4. The Morgan fingerprint density at radius 1 is 1.14 bits per heavy atom. The van der Waals surface area contributed by atoms with E-state index in [4.69, 9.17) is 4.55 Å². The first-order chi connectivity index (χ1) is 16.6. The molecule has 0 bridgehead atoms. The van der Waals surface area contributed by atoms with Crippen LogP contribution in [-0.4, -0.2) is 66.4 Å². The van der Waals surface area contributed by atoms with Crippen molar-refractivity contribution in [2.45, 2.75) is 38.1 Å². The number of hydrogen-bond donors (Lipinski definition) is 2. The number of likely N-dealkylation sites (N-methyl/N-ethyl adjacent to an activating group) is 1. The largest absolute Gasteiger partial charge is 0.361 e. The number of amides is 1. The highest BCUT2D eigenvalue weighted by Crippen LogP contribution is 2.40. The van der Waals surface area contributed by atoms with Gasteiger partial charge >= 0.3 is 0 Å². The summed E-state index contributed by atoms with van der Waals surface area (Å²) in [7, 11) is -1.87. The zero-order chi connectivity index (χ0) is 25.3. The molecule has 2 aromatic carbocycles. The van der Waals surface area contributed by atoms with Crippen molar-refractivity contribution in [3.05, 3.63) is 71.4 Å². The summed E-state index contributed by atoms with van der Waals surface area (Å²) >= 11 is 0. The van der Waals surface area contributed by atoms with E-state index in [2.05, 4.69) is 61.3 Å². The topological polar surface area (TPSA) is 93.7 Å². The lowest BCUT2D eigenvalue weighted by Gasteiger charge is -2.40. The van der Waals surface area contributed by atoms with Crippen LogP contribution in [0.15, 0.2) is 59.6 Å².